The third-order valence-corrected chi connectivity index (χ3v) is 5.02. The van der Waals surface area contributed by atoms with Gasteiger partial charge in [0, 0.05) is 5.56 Å². The zero-order valence-electron chi connectivity index (χ0n) is 18.0. The first-order valence-electron chi connectivity index (χ1n) is 10.0. The fourth-order valence-electron chi connectivity index (χ4n) is 3.00. The maximum atomic E-state index is 13.5. The van der Waals surface area contributed by atoms with E-state index in [2.05, 4.69) is 25.6 Å². The van der Waals surface area contributed by atoms with Crippen molar-refractivity contribution >= 4 is 34.8 Å². The molecule has 36 heavy (non-hydrogen) atoms. The Balaban J connectivity index is 1.38. The Morgan fingerprint density at radius 1 is 0.944 bits per heavy atom. The standard InChI is InChI=1S/C23H15ClF4N6O2/c24-18-6-3-13(23(26,27)28)7-19(18)34-21(35)33-15-10-31-22(32-11-15)36-16-4-1-12(2-5-16)17-8-14(25)9-30-20(17)29/h1-11H,(H2,29,30)(H2,33,34,35). The summed E-state index contributed by atoms with van der Waals surface area (Å²) >= 11 is 5.87. The van der Waals surface area contributed by atoms with Crippen LogP contribution < -0.4 is 21.1 Å². The van der Waals surface area contributed by atoms with Gasteiger partial charge < -0.3 is 21.1 Å². The minimum Gasteiger partial charge on any atom is -0.424 e. The molecule has 0 aliphatic heterocycles. The summed E-state index contributed by atoms with van der Waals surface area (Å²) in [7, 11) is 0. The van der Waals surface area contributed by atoms with Crippen LogP contribution in [0.1, 0.15) is 5.56 Å². The number of urea groups is 1. The third-order valence-electron chi connectivity index (χ3n) is 4.69. The van der Waals surface area contributed by atoms with Crippen molar-refractivity contribution in [3.63, 3.8) is 0 Å². The topological polar surface area (TPSA) is 115 Å². The molecule has 0 saturated carbocycles. The Kier molecular flexibility index (Phi) is 6.88. The van der Waals surface area contributed by atoms with E-state index < -0.39 is 23.6 Å². The number of benzene rings is 2. The van der Waals surface area contributed by atoms with Gasteiger partial charge in [0.05, 0.1) is 40.6 Å². The van der Waals surface area contributed by atoms with E-state index >= 15 is 0 Å². The number of rotatable bonds is 5. The van der Waals surface area contributed by atoms with Crippen LogP contribution in [0.2, 0.25) is 5.02 Å². The molecule has 4 N–H and O–H groups in total. The lowest BCUT2D eigenvalue weighted by molar-refractivity contribution is -0.137. The Hall–Kier alpha value is -4.45. The maximum Gasteiger partial charge on any atom is 0.416 e. The van der Waals surface area contributed by atoms with Gasteiger partial charge >= 0.3 is 18.2 Å². The molecule has 2 amide bonds. The molecule has 0 bridgehead atoms. The number of pyridine rings is 1. The number of nitrogens with zero attached hydrogens (tertiary/aromatic N) is 3. The number of aromatic nitrogens is 3. The number of hydrogen-bond donors (Lipinski definition) is 3. The molecular formula is C23H15ClF4N6O2. The highest BCUT2D eigenvalue weighted by molar-refractivity contribution is 6.33. The molecule has 4 aromatic rings. The Morgan fingerprint density at radius 2 is 1.64 bits per heavy atom. The Morgan fingerprint density at radius 3 is 2.31 bits per heavy atom. The number of carbonyl (C=O) groups excluding carboxylic acids is 1. The number of carbonyl (C=O) groups is 1. The molecule has 2 aromatic carbocycles. The van der Waals surface area contributed by atoms with Gasteiger partial charge in [0.1, 0.15) is 17.4 Å². The van der Waals surface area contributed by atoms with Crippen molar-refractivity contribution in [1.82, 2.24) is 15.0 Å². The first-order valence-corrected chi connectivity index (χ1v) is 10.4. The van der Waals surface area contributed by atoms with Gasteiger partial charge in [0.15, 0.2) is 0 Å². The first kappa shape index (κ1) is 24.7. The number of hydrogen-bond acceptors (Lipinski definition) is 6. The van der Waals surface area contributed by atoms with Gasteiger partial charge in [0.25, 0.3) is 0 Å². The summed E-state index contributed by atoms with van der Waals surface area (Å²) in [4.78, 5) is 23.9. The van der Waals surface area contributed by atoms with Crippen LogP contribution in [0.5, 0.6) is 11.8 Å². The van der Waals surface area contributed by atoms with E-state index in [0.717, 1.165) is 24.4 Å². The molecule has 184 valence electrons. The number of amides is 2. The largest absolute Gasteiger partial charge is 0.424 e. The molecule has 13 heteroatoms. The van der Waals surface area contributed by atoms with Crippen LogP contribution in [0, 0.1) is 5.82 Å². The highest BCUT2D eigenvalue weighted by Crippen LogP contribution is 2.34. The third kappa shape index (κ3) is 5.96. The van der Waals surface area contributed by atoms with E-state index in [9.17, 15) is 22.4 Å². The summed E-state index contributed by atoms with van der Waals surface area (Å²) in [5, 5.41) is 4.56. The maximum absolute atomic E-state index is 13.5. The van der Waals surface area contributed by atoms with Crippen LogP contribution in [-0.2, 0) is 6.18 Å². The summed E-state index contributed by atoms with van der Waals surface area (Å²) in [6, 6.07) is 9.44. The first-order chi connectivity index (χ1) is 17.1. The lowest BCUT2D eigenvalue weighted by atomic mass is 10.1. The second-order valence-corrected chi connectivity index (χ2v) is 7.65. The average Bonchev–Trinajstić information content (AvgIpc) is 2.83. The molecule has 0 fully saturated rings. The van der Waals surface area contributed by atoms with Crippen molar-refractivity contribution in [3.8, 4) is 22.9 Å². The van der Waals surface area contributed by atoms with E-state index in [1.54, 1.807) is 24.3 Å². The fraction of sp³-hybridized carbons (Fsp3) is 0.0435. The molecule has 0 aliphatic carbocycles. The zero-order chi connectivity index (χ0) is 25.9. The van der Waals surface area contributed by atoms with Gasteiger partial charge in [-0.05, 0) is 42.0 Å². The van der Waals surface area contributed by atoms with Gasteiger partial charge in [-0.3, -0.25) is 0 Å². The smallest absolute Gasteiger partial charge is 0.416 e. The molecule has 0 atom stereocenters. The number of nitrogens with two attached hydrogens (primary N) is 1. The molecule has 2 heterocycles. The van der Waals surface area contributed by atoms with Gasteiger partial charge in [0.2, 0.25) is 0 Å². The van der Waals surface area contributed by atoms with Crippen molar-refractivity contribution < 1.29 is 27.1 Å². The summed E-state index contributed by atoms with van der Waals surface area (Å²) < 4.78 is 57.7. The zero-order valence-corrected chi connectivity index (χ0v) is 18.7. The Labute approximate surface area is 206 Å². The van der Waals surface area contributed by atoms with Gasteiger partial charge in [-0.15, -0.1) is 0 Å². The molecule has 0 radical (unpaired) electrons. The number of anilines is 3. The van der Waals surface area contributed by atoms with Crippen LogP contribution in [0.15, 0.2) is 67.1 Å². The van der Waals surface area contributed by atoms with Crippen LogP contribution >= 0.6 is 11.6 Å². The molecule has 0 unspecified atom stereocenters. The molecule has 0 saturated heterocycles. The van der Waals surface area contributed by atoms with Crippen LogP contribution in [-0.4, -0.2) is 21.0 Å². The van der Waals surface area contributed by atoms with Crippen LogP contribution in [0.3, 0.4) is 0 Å². The number of halogens is 5. The molecule has 2 aromatic heterocycles. The Bertz CT molecular complexity index is 1400. The fourth-order valence-corrected chi connectivity index (χ4v) is 3.17. The van der Waals surface area contributed by atoms with Gasteiger partial charge in [-0.25, -0.2) is 24.1 Å². The molecular weight excluding hydrogens is 504 g/mol. The molecule has 4 rings (SSSR count). The highest BCUT2D eigenvalue weighted by atomic mass is 35.5. The lowest BCUT2D eigenvalue weighted by Gasteiger charge is -2.12. The monoisotopic (exact) mass is 518 g/mol. The molecule has 0 spiro atoms. The van der Waals surface area contributed by atoms with Crippen molar-refractivity contribution in [2.75, 3.05) is 16.4 Å². The van der Waals surface area contributed by atoms with Crippen LogP contribution in [0.25, 0.3) is 11.1 Å². The summed E-state index contributed by atoms with van der Waals surface area (Å²) in [6.07, 6.45) is -1.09. The quantitative estimate of drug-likeness (QED) is 0.264. The summed E-state index contributed by atoms with van der Waals surface area (Å²) in [5.41, 5.74) is 5.81. The average molecular weight is 519 g/mol. The van der Waals surface area contributed by atoms with Crippen molar-refractivity contribution in [3.05, 3.63) is 83.5 Å². The highest BCUT2D eigenvalue weighted by Gasteiger charge is 2.31. The number of nitrogen functional groups attached to an aromatic ring is 1. The number of alkyl halides is 3. The second-order valence-electron chi connectivity index (χ2n) is 7.24. The number of ether oxygens (including phenoxy) is 1. The predicted molar refractivity (Wildman–Crippen MR) is 125 cm³/mol. The van der Waals surface area contributed by atoms with E-state index in [1.165, 1.54) is 18.5 Å². The van der Waals surface area contributed by atoms with E-state index in [0.29, 0.717) is 16.9 Å². The predicted octanol–water partition coefficient (Wildman–Crippen LogP) is 6.37. The van der Waals surface area contributed by atoms with Gasteiger partial charge in [-0.1, -0.05) is 23.7 Å². The minimum absolute atomic E-state index is 0.0402. The van der Waals surface area contributed by atoms with Crippen molar-refractivity contribution in [1.29, 1.82) is 0 Å². The molecule has 8 nitrogen and oxygen atoms in total. The molecule has 0 aliphatic rings. The normalized spacial score (nSPS) is 11.1. The SMILES string of the molecule is Nc1ncc(F)cc1-c1ccc(Oc2ncc(NC(=O)Nc3cc(C(F)(F)F)ccc3Cl)cn2)cc1. The second kappa shape index (κ2) is 10.0. The summed E-state index contributed by atoms with van der Waals surface area (Å²) in [6.45, 7) is 0. The van der Waals surface area contributed by atoms with Crippen molar-refractivity contribution in [2.45, 2.75) is 6.18 Å². The van der Waals surface area contributed by atoms with E-state index in [-0.39, 0.29) is 28.2 Å². The van der Waals surface area contributed by atoms with E-state index in [1.807, 2.05) is 0 Å². The summed E-state index contributed by atoms with van der Waals surface area (Å²) in [5.74, 6) is 0.0309. The van der Waals surface area contributed by atoms with Crippen LogP contribution in [0.4, 0.5) is 39.5 Å². The van der Waals surface area contributed by atoms with E-state index in [4.69, 9.17) is 22.1 Å². The minimum atomic E-state index is -4.59. The number of nitrogens with one attached hydrogen (secondary N) is 2. The van der Waals surface area contributed by atoms with Gasteiger partial charge in [-0.2, -0.15) is 13.2 Å². The lowest BCUT2D eigenvalue weighted by Crippen LogP contribution is -2.20. The van der Waals surface area contributed by atoms with Crippen molar-refractivity contribution in [2.24, 2.45) is 0 Å².